The molecule has 24 nitrogen and oxygen atoms in total. The summed E-state index contributed by atoms with van der Waals surface area (Å²) in [7, 11) is 0. The molecule has 1 aliphatic carbocycles. The van der Waals surface area contributed by atoms with Gasteiger partial charge >= 0.3 is 0 Å². The first-order valence-electron chi connectivity index (χ1n) is 29.2. The molecular formula is C58H90N14O10. The monoisotopic (exact) mass is 1140 g/mol. The summed E-state index contributed by atoms with van der Waals surface area (Å²) in [6.45, 7) is 5.19. The summed E-state index contributed by atoms with van der Waals surface area (Å²) in [5.41, 5.74) is 27.3. The van der Waals surface area contributed by atoms with Crippen molar-refractivity contribution in [3.05, 3.63) is 71.4 Å². The minimum Gasteiger partial charge on any atom is -0.393 e. The molecule has 82 heavy (non-hydrogen) atoms. The molecular weight excluding hydrogens is 1050 g/mol. The molecule has 0 radical (unpaired) electrons. The highest BCUT2D eigenvalue weighted by molar-refractivity contribution is 5.98. The van der Waals surface area contributed by atoms with E-state index in [1.165, 1.54) is 0 Å². The lowest BCUT2D eigenvalue weighted by molar-refractivity contribution is -0.136. The van der Waals surface area contributed by atoms with Crippen LogP contribution in [0.15, 0.2) is 54.7 Å². The molecule has 24 heteroatoms. The van der Waals surface area contributed by atoms with E-state index in [2.05, 4.69) is 59.8 Å². The van der Waals surface area contributed by atoms with Crippen LogP contribution >= 0.6 is 0 Å². The molecule has 1 saturated heterocycles. The number of carbonyl (C=O) groups excluding carboxylic acids is 9. The molecule has 0 saturated carbocycles. The number of nitrogens with two attached hydrogens (primary N) is 4. The minimum absolute atomic E-state index is 0.0542. The topological polar surface area (TPSA) is 402 Å². The number of fused-ring (bicyclic) bond motifs is 2. The van der Waals surface area contributed by atoms with Gasteiger partial charge in [0.05, 0.1) is 12.5 Å². The fourth-order valence-electron chi connectivity index (χ4n) is 10.6. The fraction of sp³-hybridized carbons (Fsp3) is 0.603. The maximum atomic E-state index is 14.8. The van der Waals surface area contributed by atoms with Crippen molar-refractivity contribution >= 4 is 64.1 Å². The Morgan fingerprint density at radius 2 is 1.18 bits per heavy atom. The van der Waals surface area contributed by atoms with Gasteiger partial charge in [-0.25, -0.2) is 0 Å². The number of hydrogen-bond donors (Lipinski definition) is 15. The molecule has 3 aromatic rings. The molecule has 0 bridgehead atoms. The van der Waals surface area contributed by atoms with Crippen LogP contribution in [-0.2, 0) is 62.4 Å². The third kappa shape index (κ3) is 20.2. The molecule has 5 rings (SSSR count). The zero-order valence-corrected chi connectivity index (χ0v) is 47.8. The number of rotatable bonds is 24. The number of carbonyl (C=O) groups is 9. The van der Waals surface area contributed by atoms with Crippen LogP contribution in [0.5, 0.6) is 0 Å². The molecule has 9 atom stereocenters. The quantitative estimate of drug-likeness (QED) is 0.0483. The Morgan fingerprint density at radius 1 is 0.634 bits per heavy atom. The van der Waals surface area contributed by atoms with Gasteiger partial charge in [0.1, 0.15) is 48.3 Å². The van der Waals surface area contributed by atoms with E-state index in [0.29, 0.717) is 24.8 Å². The van der Waals surface area contributed by atoms with E-state index >= 15 is 0 Å². The van der Waals surface area contributed by atoms with Crippen LogP contribution in [-0.4, -0.2) is 150 Å². The van der Waals surface area contributed by atoms with Gasteiger partial charge < -0.3 is 80.9 Å². The summed E-state index contributed by atoms with van der Waals surface area (Å²) in [5.74, 6) is -7.51. The largest absolute Gasteiger partial charge is 0.393 e. The van der Waals surface area contributed by atoms with Crippen molar-refractivity contribution in [3.8, 4) is 0 Å². The van der Waals surface area contributed by atoms with Crippen molar-refractivity contribution < 1.29 is 48.3 Å². The summed E-state index contributed by atoms with van der Waals surface area (Å²) >= 11 is 0. The zero-order valence-electron chi connectivity index (χ0n) is 47.8. The Balaban J connectivity index is 1.53. The first kappa shape index (κ1) is 65.8. The highest BCUT2D eigenvalue weighted by atomic mass is 16.3. The van der Waals surface area contributed by atoms with Crippen molar-refractivity contribution in [3.63, 3.8) is 0 Å². The van der Waals surface area contributed by atoms with E-state index in [4.69, 9.17) is 22.9 Å². The molecule has 0 spiro atoms. The maximum absolute atomic E-state index is 14.8. The first-order valence-corrected chi connectivity index (χ1v) is 29.2. The number of amides is 9. The number of H-pyrrole nitrogens is 1. The van der Waals surface area contributed by atoms with E-state index < -0.39 is 114 Å². The molecule has 2 aromatic carbocycles. The van der Waals surface area contributed by atoms with E-state index in [9.17, 15) is 48.3 Å². The lowest BCUT2D eigenvalue weighted by Crippen LogP contribution is -2.61. The average molecular weight is 1140 g/mol. The number of nitrogens with one attached hydrogen (secondary N) is 10. The van der Waals surface area contributed by atoms with Gasteiger partial charge in [0.15, 0.2) is 0 Å². The maximum Gasteiger partial charge on any atom is 0.243 e. The van der Waals surface area contributed by atoms with Crippen LogP contribution in [0.1, 0.15) is 121 Å². The van der Waals surface area contributed by atoms with Gasteiger partial charge in [-0.15, -0.1) is 0 Å². The minimum atomic E-state index is -1.50. The number of aliphatic hydroxyl groups is 1. The van der Waals surface area contributed by atoms with Crippen molar-refractivity contribution in [2.45, 2.75) is 178 Å². The third-order valence-electron chi connectivity index (χ3n) is 15.0. The van der Waals surface area contributed by atoms with Crippen LogP contribution in [0.2, 0.25) is 0 Å². The molecule has 1 aliphatic heterocycles. The number of unbranched alkanes of at least 4 members (excludes halogenated alkanes) is 4. The molecule has 2 heterocycles. The van der Waals surface area contributed by atoms with E-state index in [0.717, 1.165) is 54.1 Å². The third-order valence-corrected chi connectivity index (χ3v) is 15.0. The molecule has 452 valence electrons. The molecule has 1 unspecified atom stereocenters. The Labute approximate surface area is 480 Å². The van der Waals surface area contributed by atoms with E-state index in [1.54, 1.807) is 6.20 Å². The lowest BCUT2D eigenvalue weighted by Gasteiger charge is -2.30. The second-order valence-electron chi connectivity index (χ2n) is 22.1. The van der Waals surface area contributed by atoms with Gasteiger partial charge in [0, 0.05) is 30.1 Å². The number of aliphatic hydroxyl groups excluding tert-OH is 1. The van der Waals surface area contributed by atoms with Crippen molar-refractivity contribution in [2.75, 3.05) is 32.7 Å². The second kappa shape index (κ2) is 33.8. The van der Waals surface area contributed by atoms with Crippen molar-refractivity contribution in [1.82, 2.24) is 52.8 Å². The molecule has 2 aliphatic rings. The number of hydrogen-bond acceptors (Lipinski definition) is 14. The average Bonchev–Trinajstić information content (AvgIpc) is 4.07. The Morgan fingerprint density at radius 3 is 1.78 bits per heavy atom. The van der Waals surface area contributed by atoms with Crippen molar-refractivity contribution in [1.29, 1.82) is 0 Å². The summed E-state index contributed by atoms with van der Waals surface area (Å²) < 4.78 is 0. The van der Waals surface area contributed by atoms with Gasteiger partial charge in [-0.2, -0.15) is 0 Å². The van der Waals surface area contributed by atoms with Gasteiger partial charge in [0.2, 0.25) is 53.2 Å². The predicted octanol–water partition coefficient (Wildman–Crippen LogP) is -0.924. The smallest absolute Gasteiger partial charge is 0.243 e. The Bertz CT molecular complexity index is 2590. The van der Waals surface area contributed by atoms with Gasteiger partial charge in [-0.1, -0.05) is 95.3 Å². The summed E-state index contributed by atoms with van der Waals surface area (Å²) in [6.07, 6.45) is 5.75. The Kier molecular flexibility index (Phi) is 27.1. The highest BCUT2D eigenvalue weighted by Gasteiger charge is 2.39. The summed E-state index contributed by atoms with van der Waals surface area (Å²) in [6, 6.07) is 4.34. The van der Waals surface area contributed by atoms with Crippen LogP contribution in [0, 0.1) is 11.8 Å². The van der Waals surface area contributed by atoms with E-state index in [-0.39, 0.29) is 90.0 Å². The van der Waals surface area contributed by atoms with Crippen molar-refractivity contribution in [2.24, 2.45) is 34.8 Å². The first-order chi connectivity index (χ1) is 39.4. The standard InChI is InChI=1S/C58H90N14O10/c1-4-5-6-7-8-15-39(73)32-49(74)65-42(18-23-59)52(76)69-46-22-27-63-51(75)48(31-38-33-64-41-17-12-11-16-40(38)41)70-54(78)44(20-25-61)66-53(77)43(19-24-60)68-57(81)47(28-34(2)3)71-58(82)50(37-29-35-13-9-10-14-36(35)30-37)72-56(80)45(21-26-62)67-55(46)79/h9-14,16-17,33-34,37,39,42-48,50,64,73H,4-8,15,18-32,59-62H2,1-3H3,(H,63,75)(H,65,74)(H,66,77)(H,67,79)(H,68,81)(H,69,76)(H,70,78)(H,71,82)(H,72,80)/t39-,42-,43+,44+,45+,46+,47+,48+,50?/m1/s1. The molecule has 19 N–H and O–H groups in total. The van der Waals surface area contributed by atoms with Gasteiger partial charge in [0.25, 0.3) is 0 Å². The number of aromatic amines is 1. The molecule has 1 fully saturated rings. The van der Waals surface area contributed by atoms with Gasteiger partial charge in [-0.05, 0) is 119 Å². The SMILES string of the molecule is CCCCCCC[C@@H](O)CC(=O)N[C@H](CCN)C(=O)N[C@H]1CCNC(=O)[C@H](Cc2c[nH]c3ccccc23)NC(=O)[C@H](CCN)NC(=O)[C@H](CCN)NC(=O)[C@H](CC(C)C)NC(=O)C(C2Cc3ccccc3C2)NC(=O)[C@H](CCN)NC1=O. The molecule has 1 aromatic heterocycles. The number of para-hydroxylation sites is 1. The fourth-order valence-corrected chi connectivity index (χ4v) is 10.6. The number of aromatic nitrogens is 1. The van der Waals surface area contributed by atoms with Crippen LogP contribution in [0.3, 0.4) is 0 Å². The zero-order chi connectivity index (χ0) is 59.7. The summed E-state index contributed by atoms with van der Waals surface area (Å²) in [4.78, 5) is 132. The number of benzene rings is 2. The highest BCUT2D eigenvalue weighted by Crippen LogP contribution is 2.29. The normalized spacial score (nSPS) is 22.8. The van der Waals surface area contributed by atoms with Gasteiger partial charge in [-0.3, -0.25) is 43.2 Å². The molecule has 9 amide bonds. The summed E-state index contributed by atoms with van der Waals surface area (Å²) in [5, 5.41) is 36.2. The van der Waals surface area contributed by atoms with E-state index in [1.807, 2.05) is 62.4 Å². The Hall–Kier alpha value is -6.99. The van der Waals surface area contributed by atoms with Crippen LogP contribution in [0.25, 0.3) is 10.9 Å². The second-order valence-corrected chi connectivity index (χ2v) is 22.1. The predicted molar refractivity (Wildman–Crippen MR) is 311 cm³/mol. The van der Waals surface area contributed by atoms with Crippen LogP contribution in [0.4, 0.5) is 0 Å². The lowest BCUT2D eigenvalue weighted by atomic mass is 9.94. The van der Waals surface area contributed by atoms with Crippen LogP contribution < -0.4 is 70.8 Å².